The fraction of sp³-hybridized carbons (Fsp3) is 1.00. The molecule has 1 rings (SSSR count). The van der Waals surface area contributed by atoms with Crippen LogP contribution in [-0.4, -0.2) is 14.1 Å². The van der Waals surface area contributed by atoms with Gasteiger partial charge in [-0.3, -0.25) is 0 Å². The Labute approximate surface area is 106 Å². The number of halogens is 1. The molecule has 15 heavy (non-hydrogen) atoms. The van der Waals surface area contributed by atoms with E-state index in [2.05, 4.69) is 22.9 Å². The van der Waals surface area contributed by atoms with Gasteiger partial charge in [-0.1, -0.05) is 79.5 Å². The lowest BCUT2D eigenvalue weighted by atomic mass is 9.96. The molecular weight excluding hydrogens is 264 g/mol. The second-order valence-corrected chi connectivity index (χ2v) is 9.47. The summed E-state index contributed by atoms with van der Waals surface area (Å²) in [5, 5.41) is 1.20. The molecule has 90 valence electrons. The lowest BCUT2D eigenvalue weighted by Crippen LogP contribution is -2.21. The van der Waals surface area contributed by atoms with Crippen molar-refractivity contribution in [2.24, 2.45) is 5.92 Å². The molecule has 0 unspecified atom stereocenters. The van der Waals surface area contributed by atoms with Crippen molar-refractivity contribution in [3.8, 4) is 0 Å². The molecule has 1 saturated heterocycles. The second kappa shape index (κ2) is 8.80. The molecule has 1 heterocycles. The van der Waals surface area contributed by atoms with Crippen LogP contribution in [0.5, 0.6) is 0 Å². The first kappa shape index (κ1) is 13.8. The summed E-state index contributed by atoms with van der Waals surface area (Å²) in [4.78, 5) is 0. The monoisotopic (exact) mass is 290 g/mol. The van der Waals surface area contributed by atoms with Crippen molar-refractivity contribution in [3.05, 3.63) is 0 Å². The Morgan fingerprint density at radius 1 is 1.13 bits per heavy atom. The van der Waals surface area contributed by atoms with Crippen LogP contribution >= 0.6 is 15.9 Å². The number of unbranched alkanes of at least 4 members (excludes halogenated alkanes) is 2. The van der Waals surface area contributed by atoms with Crippen LogP contribution in [0.4, 0.5) is 0 Å². The van der Waals surface area contributed by atoms with E-state index in [0.717, 1.165) is 5.92 Å². The highest BCUT2D eigenvalue weighted by atomic mass is 79.9. The van der Waals surface area contributed by atoms with Crippen LogP contribution in [0.25, 0.3) is 0 Å². The normalized spacial score (nSPS) is 26.8. The Kier molecular flexibility index (Phi) is 8.08. The van der Waals surface area contributed by atoms with Gasteiger partial charge in [-0.15, -0.1) is 0 Å². The molecule has 1 aliphatic heterocycles. The van der Waals surface area contributed by atoms with Gasteiger partial charge >= 0.3 is 0 Å². The van der Waals surface area contributed by atoms with Gasteiger partial charge in [0.25, 0.3) is 0 Å². The summed E-state index contributed by atoms with van der Waals surface area (Å²) >= 11 is 3.52. The van der Waals surface area contributed by atoms with Crippen LogP contribution in [0.15, 0.2) is 0 Å². The number of rotatable bonds is 7. The molecule has 0 radical (unpaired) electrons. The lowest BCUT2D eigenvalue weighted by molar-refractivity contribution is 0.422. The van der Waals surface area contributed by atoms with Crippen molar-refractivity contribution >= 4 is 24.7 Å². The molecule has 1 aliphatic rings. The van der Waals surface area contributed by atoms with Crippen LogP contribution in [-0.2, 0) is 0 Å². The predicted molar refractivity (Wildman–Crippen MR) is 76.8 cm³/mol. The van der Waals surface area contributed by atoms with E-state index in [1.165, 1.54) is 37.4 Å². The Morgan fingerprint density at radius 3 is 2.47 bits per heavy atom. The minimum Gasteiger partial charge on any atom is -0.0928 e. The Hall–Kier alpha value is 0.697. The van der Waals surface area contributed by atoms with Gasteiger partial charge in [0.2, 0.25) is 0 Å². The van der Waals surface area contributed by atoms with Crippen molar-refractivity contribution in [2.45, 2.75) is 70.0 Å². The van der Waals surface area contributed by atoms with E-state index in [1.54, 1.807) is 31.0 Å². The summed E-state index contributed by atoms with van der Waals surface area (Å²) in [6.45, 7) is 2.33. The molecule has 0 spiro atoms. The fourth-order valence-corrected chi connectivity index (χ4v) is 6.96. The maximum absolute atomic E-state index is 3.52. The zero-order chi connectivity index (χ0) is 10.9. The lowest BCUT2D eigenvalue weighted by Gasteiger charge is -2.27. The van der Waals surface area contributed by atoms with Crippen LogP contribution in [0, 0.1) is 5.92 Å². The number of hydrogen-bond acceptors (Lipinski definition) is 0. The summed E-state index contributed by atoms with van der Waals surface area (Å²) in [5.74, 6) is 1.11. The first-order chi connectivity index (χ1) is 7.36. The van der Waals surface area contributed by atoms with E-state index < -0.39 is 0 Å². The first-order valence-electron chi connectivity index (χ1n) is 6.92. The zero-order valence-corrected chi connectivity index (χ0v) is 13.1. The van der Waals surface area contributed by atoms with E-state index in [0.29, 0.717) is 0 Å². The topological polar surface area (TPSA) is 0 Å². The maximum atomic E-state index is 3.52. The molecule has 0 aliphatic carbocycles. The van der Waals surface area contributed by atoms with Gasteiger partial charge in [0.1, 0.15) is 0 Å². The molecule has 0 aromatic carbocycles. The van der Waals surface area contributed by atoms with Crippen LogP contribution in [0.3, 0.4) is 0 Å². The SMILES string of the molecule is CCCC[SiH]1CCC(CCCCBr)CC1. The smallest absolute Gasteiger partial charge is 0.0368 e. The van der Waals surface area contributed by atoms with Crippen molar-refractivity contribution in [1.82, 2.24) is 0 Å². The minimum absolute atomic E-state index is 0.233. The summed E-state index contributed by atoms with van der Waals surface area (Å²) in [5.41, 5.74) is 0. The zero-order valence-electron chi connectivity index (χ0n) is 10.3. The third kappa shape index (κ3) is 6.11. The first-order valence-corrected chi connectivity index (χ1v) is 10.5. The summed E-state index contributed by atoms with van der Waals surface area (Å²) in [7, 11) is -0.233. The highest BCUT2D eigenvalue weighted by Gasteiger charge is 2.21. The molecule has 0 saturated carbocycles. The largest absolute Gasteiger partial charge is 0.0928 e. The van der Waals surface area contributed by atoms with E-state index in [9.17, 15) is 0 Å². The molecule has 1 fully saturated rings. The van der Waals surface area contributed by atoms with E-state index in [-0.39, 0.29) is 8.80 Å². The molecule has 0 aromatic rings. The predicted octanol–water partition coefficient (Wildman–Crippen LogP) is 4.99. The van der Waals surface area contributed by atoms with Gasteiger partial charge in [0.05, 0.1) is 0 Å². The van der Waals surface area contributed by atoms with Crippen molar-refractivity contribution in [3.63, 3.8) is 0 Å². The molecule has 0 aromatic heterocycles. The molecule has 0 bridgehead atoms. The fourth-order valence-electron chi connectivity index (χ4n) is 2.83. The molecular formula is C13H27BrSi. The molecule has 0 amide bonds. The van der Waals surface area contributed by atoms with Gasteiger partial charge < -0.3 is 0 Å². The third-order valence-electron chi connectivity index (χ3n) is 3.93. The standard InChI is InChI=1S/C13H27BrSi/c1-2-3-10-15-11-7-13(8-12-15)6-4-5-9-14/h13,15H,2-12H2,1H3. The molecule has 0 atom stereocenters. The third-order valence-corrected chi connectivity index (χ3v) is 8.01. The van der Waals surface area contributed by atoms with Crippen molar-refractivity contribution in [1.29, 1.82) is 0 Å². The Bertz CT molecular complexity index is 141. The molecule has 0 N–H and O–H groups in total. The van der Waals surface area contributed by atoms with Crippen LogP contribution in [0.1, 0.15) is 51.9 Å². The van der Waals surface area contributed by atoms with Gasteiger partial charge in [0, 0.05) is 14.1 Å². The van der Waals surface area contributed by atoms with Crippen molar-refractivity contribution in [2.75, 3.05) is 5.33 Å². The summed E-state index contributed by atoms with van der Waals surface area (Å²) in [6, 6.07) is 4.97. The molecule has 0 nitrogen and oxygen atoms in total. The van der Waals surface area contributed by atoms with Gasteiger partial charge in [-0.05, 0) is 12.3 Å². The van der Waals surface area contributed by atoms with Crippen LogP contribution < -0.4 is 0 Å². The minimum atomic E-state index is -0.233. The highest BCUT2D eigenvalue weighted by molar-refractivity contribution is 9.09. The summed E-state index contributed by atoms with van der Waals surface area (Å²) in [6.07, 6.45) is 10.5. The number of alkyl halides is 1. The second-order valence-electron chi connectivity index (χ2n) is 5.21. The van der Waals surface area contributed by atoms with Gasteiger partial charge in [-0.2, -0.15) is 0 Å². The average molecular weight is 291 g/mol. The number of hydrogen-bond donors (Lipinski definition) is 0. The van der Waals surface area contributed by atoms with Crippen molar-refractivity contribution < 1.29 is 0 Å². The van der Waals surface area contributed by atoms with Gasteiger partial charge in [0.15, 0.2) is 0 Å². The highest BCUT2D eigenvalue weighted by Crippen LogP contribution is 2.31. The average Bonchev–Trinajstić information content (AvgIpc) is 2.28. The van der Waals surface area contributed by atoms with E-state index >= 15 is 0 Å². The van der Waals surface area contributed by atoms with Gasteiger partial charge in [-0.25, -0.2) is 0 Å². The summed E-state index contributed by atoms with van der Waals surface area (Å²) < 4.78 is 0. The Balaban J connectivity index is 2.02. The molecule has 2 heteroatoms. The quantitative estimate of drug-likeness (QED) is 0.352. The maximum Gasteiger partial charge on any atom is 0.0368 e. The van der Waals surface area contributed by atoms with E-state index in [4.69, 9.17) is 0 Å². The Morgan fingerprint density at radius 2 is 1.87 bits per heavy atom. The van der Waals surface area contributed by atoms with Crippen LogP contribution in [0.2, 0.25) is 18.1 Å². The van der Waals surface area contributed by atoms with E-state index in [1.807, 2.05) is 0 Å².